The summed E-state index contributed by atoms with van der Waals surface area (Å²) < 4.78 is 0. The molecule has 0 nitrogen and oxygen atoms in total. The van der Waals surface area contributed by atoms with Gasteiger partial charge in [-0.15, -0.1) is 0 Å². The third-order valence-electron chi connectivity index (χ3n) is 3.19. The van der Waals surface area contributed by atoms with Crippen molar-refractivity contribution in [1.29, 1.82) is 0 Å². The van der Waals surface area contributed by atoms with E-state index in [0.717, 1.165) is 12.0 Å². The van der Waals surface area contributed by atoms with Gasteiger partial charge in [-0.25, -0.2) is 0 Å². The SMILES string of the molecule is C=C=C=C=C1C=CC=CC1.[Sn].c1ccccc1.c1ccccc1.c1ccccc1. The maximum atomic E-state index is 3.39. The van der Waals surface area contributed by atoms with E-state index in [4.69, 9.17) is 0 Å². The van der Waals surface area contributed by atoms with Crippen LogP contribution in [0.4, 0.5) is 0 Å². The van der Waals surface area contributed by atoms with E-state index in [9.17, 15) is 0 Å². The van der Waals surface area contributed by atoms with E-state index in [1.807, 2.05) is 127 Å². The van der Waals surface area contributed by atoms with Crippen molar-refractivity contribution in [3.63, 3.8) is 0 Å². The Kier molecular flexibility index (Phi) is 19.1. The summed E-state index contributed by atoms with van der Waals surface area (Å²) >= 11 is 0. The van der Waals surface area contributed by atoms with Gasteiger partial charge in [0.15, 0.2) is 0 Å². The van der Waals surface area contributed by atoms with Gasteiger partial charge in [0.2, 0.25) is 0 Å². The summed E-state index contributed by atoms with van der Waals surface area (Å²) in [6.45, 7) is 3.39. The van der Waals surface area contributed by atoms with Crippen LogP contribution >= 0.6 is 0 Å². The number of rotatable bonds is 0. The maximum Gasteiger partial charge on any atom is 0.00681 e. The third-order valence-corrected chi connectivity index (χ3v) is 3.19. The van der Waals surface area contributed by atoms with Crippen molar-refractivity contribution in [2.75, 3.05) is 0 Å². The molecule has 1 aliphatic carbocycles. The van der Waals surface area contributed by atoms with Crippen LogP contribution < -0.4 is 0 Å². The summed E-state index contributed by atoms with van der Waals surface area (Å²) in [4.78, 5) is 0. The van der Waals surface area contributed by atoms with E-state index >= 15 is 0 Å². The molecule has 29 heavy (non-hydrogen) atoms. The number of benzene rings is 3. The van der Waals surface area contributed by atoms with Crippen molar-refractivity contribution in [2.45, 2.75) is 6.42 Å². The summed E-state index contributed by atoms with van der Waals surface area (Å²) in [5.74, 6) is 0. The van der Waals surface area contributed by atoms with Crippen LogP contribution in [0.1, 0.15) is 6.42 Å². The molecule has 0 N–H and O–H groups in total. The molecule has 0 bridgehead atoms. The van der Waals surface area contributed by atoms with Gasteiger partial charge in [-0.05, 0) is 18.7 Å². The van der Waals surface area contributed by atoms with Gasteiger partial charge in [0, 0.05) is 29.5 Å². The Hall–Kier alpha value is -2.98. The smallest absolute Gasteiger partial charge is 0.00681 e. The van der Waals surface area contributed by atoms with Crippen molar-refractivity contribution in [2.24, 2.45) is 0 Å². The van der Waals surface area contributed by atoms with E-state index in [0.29, 0.717) is 0 Å². The molecule has 4 rings (SSSR count). The van der Waals surface area contributed by atoms with Crippen LogP contribution in [0, 0.1) is 0 Å². The largest absolute Gasteiger partial charge is 0.0795 e. The molecular formula is C28H26Sn. The molecule has 0 amide bonds. The number of allylic oxidation sites excluding steroid dienone is 5. The standard InChI is InChI=1S/C10H8.3C6H6.Sn/c1-2-3-7-10-8-5-4-6-9-10;3*1-2-4-6-5-3-1;/h4-6,8H,1,9H2;3*1-6H;. The number of hydrogen-bond donors (Lipinski definition) is 0. The molecule has 1 heteroatoms. The zero-order valence-electron chi connectivity index (χ0n) is 16.6. The topological polar surface area (TPSA) is 0 Å². The predicted octanol–water partition coefficient (Wildman–Crippen LogP) is 7.20. The Morgan fingerprint density at radius 3 is 1.14 bits per heavy atom. The second kappa shape index (κ2) is 21.3. The first-order valence-corrected chi connectivity index (χ1v) is 9.15. The summed E-state index contributed by atoms with van der Waals surface area (Å²) in [6, 6.07) is 36.0. The van der Waals surface area contributed by atoms with Crippen molar-refractivity contribution >= 4 is 23.9 Å². The molecule has 0 aromatic heterocycles. The molecule has 142 valence electrons. The molecule has 0 heterocycles. The van der Waals surface area contributed by atoms with Gasteiger partial charge in [0.25, 0.3) is 0 Å². The molecule has 1 aliphatic rings. The molecule has 0 fully saturated rings. The van der Waals surface area contributed by atoms with Gasteiger partial charge in [0.05, 0.1) is 0 Å². The Morgan fingerprint density at radius 2 is 0.897 bits per heavy atom. The Balaban J connectivity index is 0.000000366. The van der Waals surface area contributed by atoms with Gasteiger partial charge >= 0.3 is 0 Å². The second-order valence-corrected chi connectivity index (χ2v) is 5.41. The Bertz CT molecular complexity index is 735. The van der Waals surface area contributed by atoms with Crippen LogP contribution in [-0.4, -0.2) is 23.9 Å². The minimum absolute atomic E-state index is 0. The Labute approximate surface area is 192 Å². The van der Waals surface area contributed by atoms with Gasteiger partial charge in [-0.2, -0.15) is 0 Å². The van der Waals surface area contributed by atoms with Crippen LogP contribution in [0.25, 0.3) is 0 Å². The first-order valence-electron chi connectivity index (χ1n) is 9.15. The van der Waals surface area contributed by atoms with Crippen molar-refractivity contribution in [1.82, 2.24) is 0 Å². The summed E-state index contributed by atoms with van der Waals surface area (Å²) in [5, 5.41) is 0. The molecule has 4 radical (unpaired) electrons. The first-order chi connectivity index (χ1) is 13.9. The molecule has 3 aromatic carbocycles. The van der Waals surface area contributed by atoms with E-state index < -0.39 is 0 Å². The van der Waals surface area contributed by atoms with Crippen LogP contribution in [-0.2, 0) is 0 Å². The fourth-order valence-corrected chi connectivity index (χ4v) is 1.89. The van der Waals surface area contributed by atoms with Crippen LogP contribution in [0.5, 0.6) is 0 Å². The Morgan fingerprint density at radius 1 is 0.552 bits per heavy atom. The van der Waals surface area contributed by atoms with Crippen LogP contribution in [0.15, 0.2) is 163 Å². The third kappa shape index (κ3) is 18.2. The van der Waals surface area contributed by atoms with Gasteiger partial charge in [-0.3, -0.25) is 0 Å². The van der Waals surface area contributed by atoms with Crippen molar-refractivity contribution in [3.05, 3.63) is 163 Å². The fourth-order valence-electron chi connectivity index (χ4n) is 1.89. The van der Waals surface area contributed by atoms with Crippen molar-refractivity contribution in [3.8, 4) is 0 Å². The van der Waals surface area contributed by atoms with E-state index in [1.165, 1.54) is 0 Å². The first kappa shape index (κ1) is 26.0. The fraction of sp³-hybridized carbons (Fsp3) is 0.0357. The molecule has 0 atom stereocenters. The van der Waals surface area contributed by atoms with Gasteiger partial charge in [0.1, 0.15) is 0 Å². The average molecular weight is 481 g/mol. The molecule has 3 aromatic rings. The van der Waals surface area contributed by atoms with Crippen LogP contribution in [0.3, 0.4) is 0 Å². The molecule has 0 unspecified atom stereocenters. The maximum absolute atomic E-state index is 3.39. The monoisotopic (exact) mass is 482 g/mol. The quantitative estimate of drug-likeness (QED) is 0.235. The van der Waals surface area contributed by atoms with Crippen molar-refractivity contribution < 1.29 is 0 Å². The van der Waals surface area contributed by atoms with Crippen LogP contribution in [0.2, 0.25) is 0 Å². The average Bonchev–Trinajstić information content (AvgIpc) is 2.83. The molecule has 0 spiro atoms. The minimum Gasteiger partial charge on any atom is -0.0795 e. The zero-order chi connectivity index (χ0) is 20.0. The molecule has 0 aliphatic heterocycles. The minimum atomic E-state index is 0. The van der Waals surface area contributed by atoms with Gasteiger partial charge in [-0.1, -0.05) is 145 Å². The van der Waals surface area contributed by atoms with E-state index in [2.05, 4.69) is 29.8 Å². The zero-order valence-corrected chi connectivity index (χ0v) is 19.5. The normalized spacial score (nSPS) is 9.72. The summed E-state index contributed by atoms with van der Waals surface area (Å²) in [7, 11) is 0. The molecule has 0 saturated heterocycles. The van der Waals surface area contributed by atoms with E-state index in [-0.39, 0.29) is 23.9 Å². The van der Waals surface area contributed by atoms with E-state index in [1.54, 1.807) is 0 Å². The molecule has 0 saturated carbocycles. The predicted molar refractivity (Wildman–Crippen MR) is 128 cm³/mol. The molecular weight excluding hydrogens is 455 g/mol. The summed E-state index contributed by atoms with van der Waals surface area (Å²) in [6.07, 6.45) is 9.02. The second-order valence-electron chi connectivity index (χ2n) is 5.41. The van der Waals surface area contributed by atoms with Gasteiger partial charge < -0.3 is 0 Å². The number of hydrogen-bond acceptors (Lipinski definition) is 0. The summed E-state index contributed by atoms with van der Waals surface area (Å²) in [5.41, 5.74) is 9.26.